The van der Waals surface area contributed by atoms with Crippen LogP contribution < -0.4 is 5.32 Å². The second-order valence-electron chi connectivity index (χ2n) is 6.95. The number of ether oxygens (including phenoxy) is 1. The van der Waals surface area contributed by atoms with E-state index in [-0.39, 0.29) is 12.1 Å². The zero-order valence-corrected chi connectivity index (χ0v) is 15.2. The molecule has 4 nitrogen and oxygen atoms in total. The van der Waals surface area contributed by atoms with Gasteiger partial charge in [-0.25, -0.2) is 4.79 Å². The normalized spacial score (nSPS) is 16.5. The molecule has 0 bridgehead atoms. The number of thioether (sulfide) groups is 1. The third-order valence-corrected chi connectivity index (χ3v) is 4.83. The first-order valence-electron chi connectivity index (χ1n) is 8.32. The van der Waals surface area contributed by atoms with E-state index < -0.39 is 5.60 Å². The quantitative estimate of drug-likeness (QED) is 0.770. The highest BCUT2D eigenvalue weighted by atomic mass is 32.2. The number of likely N-dealkylation sites (tertiary alicyclic amines) is 1. The first kappa shape index (κ1) is 18.1. The summed E-state index contributed by atoms with van der Waals surface area (Å²) in [5.74, 6) is 0.858. The van der Waals surface area contributed by atoms with E-state index in [1.807, 2.05) is 39.0 Å². The molecular weight excluding hydrogens is 308 g/mol. The summed E-state index contributed by atoms with van der Waals surface area (Å²) in [6.45, 7) is 9.08. The van der Waals surface area contributed by atoms with E-state index in [0.717, 1.165) is 18.7 Å². The molecule has 1 amide bonds. The van der Waals surface area contributed by atoms with Crippen molar-refractivity contribution >= 4 is 17.9 Å². The maximum atomic E-state index is 12.1. The van der Waals surface area contributed by atoms with Crippen molar-refractivity contribution in [3.05, 3.63) is 30.3 Å². The molecular formula is C18H28N2O2S. The SMILES string of the molecule is CC(C)(C)OC(=O)N[C@H](CCN1CCC1)CSc1ccccc1. The highest BCUT2D eigenvalue weighted by Crippen LogP contribution is 2.20. The van der Waals surface area contributed by atoms with Gasteiger partial charge >= 0.3 is 6.09 Å². The minimum atomic E-state index is -0.460. The smallest absolute Gasteiger partial charge is 0.407 e. The topological polar surface area (TPSA) is 41.6 Å². The standard InChI is InChI=1S/C18H28N2O2S/c1-18(2,3)22-17(21)19-15(10-13-20-11-7-12-20)14-23-16-8-5-4-6-9-16/h4-6,8-9,15H,7,10-14H2,1-3H3,(H,19,21)/t15-/m1/s1. The highest BCUT2D eigenvalue weighted by Gasteiger charge is 2.21. The molecule has 128 valence electrons. The van der Waals surface area contributed by atoms with Crippen LogP contribution in [0.25, 0.3) is 0 Å². The summed E-state index contributed by atoms with van der Waals surface area (Å²) in [5.41, 5.74) is -0.460. The summed E-state index contributed by atoms with van der Waals surface area (Å²) in [6.07, 6.45) is 1.93. The molecule has 0 saturated carbocycles. The molecule has 0 spiro atoms. The summed E-state index contributed by atoms with van der Waals surface area (Å²) in [6, 6.07) is 10.4. The molecule has 1 N–H and O–H groups in total. The van der Waals surface area contributed by atoms with Crippen molar-refractivity contribution in [2.24, 2.45) is 0 Å². The fourth-order valence-corrected chi connectivity index (χ4v) is 3.32. The van der Waals surface area contributed by atoms with Crippen molar-refractivity contribution in [3.8, 4) is 0 Å². The van der Waals surface area contributed by atoms with E-state index in [0.29, 0.717) is 0 Å². The van der Waals surface area contributed by atoms with Gasteiger partial charge in [0.1, 0.15) is 5.60 Å². The molecule has 1 atom stereocenters. The third-order valence-electron chi connectivity index (χ3n) is 3.66. The van der Waals surface area contributed by atoms with Crippen molar-refractivity contribution in [3.63, 3.8) is 0 Å². The van der Waals surface area contributed by atoms with Crippen LogP contribution >= 0.6 is 11.8 Å². The Morgan fingerprint density at radius 1 is 1.30 bits per heavy atom. The van der Waals surface area contributed by atoms with Gasteiger partial charge in [-0.15, -0.1) is 11.8 Å². The lowest BCUT2D eigenvalue weighted by Crippen LogP contribution is -2.44. The van der Waals surface area contributed by atoms with Crippen LogP contribution in [0.1, 0.15) is 33.6 Å². The summed E-state index contributed by atoms with van der Waals surface area (Å²) >= 11 is 1.78. The Labute approximate surface area is 144 Å². The predicted molar refractivity (Wildman–Crippen MR) is 96.0 cm³/mol. The zero-order chi connectivity index (χ0) is 16.7. The molecule has 1 aromatic carbocycles. The summed E-state index contributed by atoms with van der Waals surface area (Å²) in [7, 11) is 0. The molecule has 1 aliphatic rings. The fourth-order valence-electron chi connectivity index (χ4n) is 2.33. The molecule has 5 heteroatoms. The molecule has 1 fully saturated rings. The minimum Gasteiger partial charge on any atom is -0.444 e. The Hall–Kier alpha value is -1.20. The van der Waals surface area contributed by atoms with Crippen molar-refractivity contribution in [1.82, 2.24) is 10.2 Å². The Morgan fingerprint density at radius 3 is 2.57 bits per heavy atom. The number of alkyl carbamates (subject to hydrolysis) is 1. The lowest BCUT2D eigenvalue weighted by atomic mass is 10.1. The van der Waals surface area contributed by atoms with Gasteiger partial charge in [0.05, 0.1) is 0 Å². The number of nitrogens with zero attached hydrogens (tertiary/aromatic N) is 1. The molecule has 0 aliphatic carbocycles. The van der Waals surface area contributed by atoms with Crippen molar-refractivity contribution in [1.29, 1.82) is 0 Å². The van der Waals surface area contributed by atoms with Crippen LogP contribution in [-0.2, 0) is 4.74 Å². The van der Waals surface area contributed by atoms with Crippen LogP contribution in [0.3, 0.4) is 0 Å². The van der Waals surface area contributed by atoms with E-state index in [2.05, 4.69) is 22.3 Å². The van der Waals surface area contributed by atoms with E-state index in [1.54, 1.807) is 11.8 Å². The maximum Gasteiger partial charge on any atom is 0.407 e. The van der Waals surface area contributed by atoms with Gasteiger partial charge in [0.25, 0.3) is 0 Å². The molecule has 23 heavy (non-hydrogen) atoms. The second-order valence-corrected chi connectivity index (χ2v) is 8.04. The number of nitrogens with one attached hydrogen (secondary N) is 1. The molecule has 1 aromatic rings. The van der Waals surface area contributed by atoms with E-state index in [9.17, 15) is 4.79 Å². The van der Waals surface area contributed by atoms with E-state index in [4.69, 9.17) is 4.74 Å². The predicted octanol–water partition coefficient (Wildman–Crippen LogP) is 3.77. The maximum absolute atomic E-state index is 12.1. The van der Waals surface area contributed by atoms with Gasteiger partial charge in [-0.3, -0.25) is 0 Å². The number of rotatable bonds is 7. The van der Waals surface area contributed by atoms with E-state index in [1.165, 1.54) is 24.4 Å². The highest BCUT2D eigenvalue weighted by molar-refractivity contribution is 7.99. The number of carbonyl (C=O) groups is 1. The van der Waals surface area contributed by atoms with Crippen molar-refractivity contribution in [2.75, 3.05) is 25.4 Å². The van der Waals surface area contributed by atoms with Crippen molar-refractivity contribution in [2.45, 2.75) is 50.2 Å². The van der Waals surface area contributed by atoms with Crippen LogP contribution in [0, 0.1) is 0 Å². The molecule has 0 radical (unpaired) electrons. The number of amides is 1. The van der Waals surface area contributed by atoms with Crippen LogP contribution in [-0.4, -0.2) is 48.0 Å². The number of benzene rings is 1. The van der Waals surface area contributed by atoms with Gasteiger partial charge < -0.3 is 15.0 Å². The first-order valence-corrected chi connectivity index (χ1v) is 9.31. The van der Waals surface area contributed by atoms with Crippen LogP contribution in [0.5, 0.6) is 0 Å². The third kappa shape index (κ3) is 7.27. The van der Waals surface area contributed by atoms with Gasteiger partial charge in [-0.05, 0) is 58.8 Å². The zero-order valence-electron chi connectivity index (χ0n) is 14.4. The minimum absolute atomic E-state index is 0.121. The molecule has 1 heterocycles. The number of hydrogen-bond acceptors (Lipinski definition) is 4. The van der Waals surface area contributed by atoms with E-state index >= 15 is 0 Å². The molecule has 1 aliphatic heterocycles. The number of hydrogen-bond donors (Lipinski definition) is 1. The van der Waals surface area contributed by atoms with Gasteiger partial charge in [-0.2, -0.15) is 0 Å². The second kappa shape index (κ2) is 8.60. The average Bonchev–Trinajstić information content (AvgIpc) is 2.42. The Morgan fingerprint density at radius 2 is 2.00 bits per heavy atom. The van der Waals surface area contributed by atoms with Gasteiger partial charge in [0, 0.05) is 23.2 Å². The molecule has 0 aromatic heterocycles. The fraction of sp³-hybridized carbons (Fsp3) is 0.611. The molecule has 2 rings (SSSR count). The first-order chi connectivity index (χ1) is 10.9. The molecule has 0 unspecified atom stereocenters. The van der Waals surface area contributed by atoms with Crippen LogP contribution in [0.15, 0.2) is 35.2 Å². The van der Waals surface area contributed by atoms with Crippen LogP contribution in [0.2, 0.25) is 0 Å². The van der Waals surface area contributed by atoms with Gasteiger partial charge in [0.15, 0.2) is 0 Å². The number of carbonyl (C=O) groups excluding carboxylic acids is 1. The summed E-state index contributed by atoms with van der Waals surface area (Å²) in [5, 5.41) is 3.04. The lowest BCUT2D eigenvalue weighted by Gasteiger charge is -2.32. The molecule has 1 saturated heterocycles. The van der Waals surface area contributed by atoms with Crippen molar-refractivity contribution < 1.29 is 9.53 Å². The Bertz CT molecular complexity index is 484. The van der Waals surface area contributed by atoms with Gasteiger partial charge in [0.2, 0.25) is 0 Å². The largest absolute Gasteiger partial charge is 0.444 e. The lowest BCUT2D eigenvalue weighted by molar-refractivity contribution is 0.0502. The van der Waals surface area contributed by atoms with Crippen LogP contribution in [0.4, 0.5) is 4.79 Å². The van der Waals surface area contributed by atoms with Gasteiger partial charge in [-0.1, -0.05) is 18.2 Å². The Balaban J connectivity index is 1.83. The average molecular weight is 337 g/mol. The summed E-state index contributed by atoms with van der Waals surface area (Å²) < 4.78 is 5.39. The monoisotopic (exact) mass is 336 g/mol. The Kier molecular flexibility index (Phi) is 6.78. The summed E-state index contributed by atoms with van der Waals surface area (Å²) in [4.78, 5) is 15.7.